The third-order valence-electron chi connectivity index (χ3n) is 3.66. The van der Waals surface area contributed by atoms with Gasteiger partial charge in [-0.15, -0.1) is 0 Å². The minimum Gasteiger partial charge on any atom is -0.496 e. The Balaban J connectivity index is 2.64. The molecule has 1 aromatic rings. The van der Waals surface area contributed by atoms with E-state index in [1.165, 1.54) is 0 Å². The van der Waals surface area contributed by atoms with Crippen LogP contribution < -0.4 is 16.0 Å². The number of aryl methyl sites for hydroxylation is 1. The lowest BCUT2D eigenvalue weighted by molar-refractivity contribution is -0.123. The largest absolute Gasteiger partial charge is 0.496 e. The number of halogens is 1. The summed E-state index contributed by atoms with van der Waals surface area (Å²) < 4.78 is 5.40. The van der Waals surface area contributed by atoms with Gasteiger partial charge in [-0.05, 0) is 43.9 Å². The summed E-state index contributed by atoms with van der Waals surface area (Å²) in [6.07, 6.45) is 1.54. The predicted octanol–water partition coefficient (Wildman–Crippen LogP) is 1.99. The van der Waals surface area contributed by atoms with E-state index in [1.807, 2.05) is 19.9 Å². The van der Waals surface area contributed by atoms with Crippen LogP contribution in [-0.2, 0) is 10.2 Å². The zero-order valence-electron chi connectivity index (χ0n) is 10.8. The van der Waals surface area contributed by atoms with Crippen molar-refractivity contribution >= 4 is 17.5 Å². The summed E-state index contributed by atoms with van der Waals surface area (Å²) in [6, 6.07) is 1.87. The Labute approximate surface area is 111 Å². The number of ether oxygens (including phenoxy) is 1. The van der Waals surface area contributed by atoms with Gasteiger partial charge < -0.3 is 4.74 Å². The summed E-state index contributed by atoms with van der Waals surface area (Å²) in [6.45, 7) is 3.83. The first-order chi connectivity index (χ1) is 8.47. The van der Waals surface area contributed by atoms with Gasteiger partial charge >= 0.3 is 0 Å². The van der Waals surface area contributed by atoms with Crippen molar-refractivity contribution in [2.45, 2.75) is 32.1 Å². The summed E-state index contributed by atoms with van der Waals surface area (Å²) in [5, 5.41) is 0.682. The topological polar surface area (TPSA) is 64.3 Å². The molecule has 0 radical (unpaired) electrons. The fourth-order valence-electron chi connectivity index (χ4n) is 2.53. The molecule has 2 rings (SSSR count). The number of methoxy groups -OCH3 is 1. The number of nitrogens with two attached hydrogens (primary N) is 1. The van der Waals surface area contributed by atoms with Crippen molar-refractivity contribution in [2.24, 2.45) is 5.84 Å². The molecule has 0 saturated heterocycles. The standard InChI is InChI=1S/C13H17ClN2O2/c1-7-6-9(18-3)10(8(2)11(7)14)13(4-5-13)12(17)16-15/h6H,4-5,15H2,1-3H3,(H,16,17). The molecule has 0 unspecified atom stereocenters. The number of hydrogen-bond donors (Lipinski definition) is 2. The van der Waals surface area contributed by atoms with Gasteiger partial charge in [-0.25, -0.2) is 5.84 Å². The van der Waals surface area contributed by atoms with Gasteiger partial charge in [0, 0.05) is 10.6 Å². The Morgan fingerprint density at radius 3 is 2.56 bits per heavy atom. The number of hydrogen-bond acceptors (Lipinski definition) is 3. The molecule has 0 aromatic heterocycles. The second-order valence-electron chi connectivity index (χ2n) is 4.77. The van der Waals surface area contributed by atoms with Crippen molar-refractivity contribution in [3.8, 4) is 5.75 Å². The first-order valence-corrected chi connectivity index (χ1v) is 6.21. The number of carbonyl (C=O) groups excluding carboxylic acids is 1. The third-order valence-corrected chi connectivity index (χ3v) is 4.24. The van der Waals surface area contributed by atoms with E-state index in [0.717, 1.165) is 29.5 Å². The predicted molar refractivity (Wildman–Crippen MR) is 70.7 cm³/mol. The van der Waals surface area contributed by atoms with Crippen molar-refractivity contribution < 1.29 is 9.53 Å². The van der Waals surface area contributed by atoms with Crippen LogP contribution in [0.4, 0.5) is 0 Å². The van der Waals surface area contributed by atoms with E-state index in [4.69, 9.17) is 22.2 Å². The molecule has 3 N–H and O–H groups in total. The highest BCUT2D eigenvalue weighted by atomic mass is 35.5. The molecule has 1 fully saturated rings. The highest BCUT2D eigenvalue weighted by molar-refractivity contribution is 6.32. The average Bonchev–Trinajstić information content (AvgIpc) is 3.15. The molecule has 1 saturated carbocycles. The van der Waals surface area contributed by atoms with Crippen molar-refractivity contribution in [3.63, 3.8) is 0 Å². The molecule has 5 heteroatoms. The fraction of sp³-hybridized carbons (Fsp3) is 0.462. The minimum absolute atomic E-state index is 0.177. The fourth-order valence-corrected chi connectivity index (χ4v) is 2.68. The van der Waals surface area contributed by atoms with E-state index < -0.39 is 5.41 Å². The number of rotatable bonds is 3. The highest BCUT2D eigenvalue weighted by Crippen LogP contribution is 2.54. The number of benzene rings is 1. The zero-order chi connectivity index (χ0) is 13.5. The molecular weight excluding hydrogens is 252 g/mol. The van der Waals surface area contributed by atoms with Crippen LogP contribution in [0.2, 0.25) is 5.02 Å². The van der Waals surface area contributed by atoms with Crippen molar-refractivity contribution in [1.29, 1.82) is 0 Å². The maximum Gasteiger partial charge on any atom is 0.244 e. The van der Waals surface area contributed by atoms with Crippen molar-refractivity contribution in [3.05, 3.63) is 27.8 Å². The Hall–Kier alpha value is -1.26. The van der Waals surface area contributed by atoms with Gasteiger partial charge in [0.25, 0.3) is 0 Å². The summed E-state index contributed by atoms with van der Waals surface area (Å²) in [4.78, 5) is 12.0. The maximum absolute atomic E-state index is 12.0. The molecule has 0 bridgehead atoms. The molecule has 98 valence electrons. The molecule has 0 aliphatic heterocycles. The van der Waals surface area contributed by atoms with Gasteiger partial charge in [-0.1, -0.05) is 11.6 Å². The van der Waals surface area contributed by atoms with Gasteiger partial charge in [0.15, 0.2) is 0 Å². The SMILES string of the molecule is COc1cc(C)c(Cl)c(C)c1C1(C(=O)NN)CC1. The van der Waals surface area contributed by atoms with Crippen LogP contribution in [-0.4, -0.2) is 13.0 Å². The maximum atomic E-state index is 12.0. The lowest BCUT2D eigenvalue weighted by Crippen LogP contribution is -2.39. The summed E-state index contributed by atoms with van der Waals surface area (Å²) in [5.74, 6) is 5.80. The van der Waals surface area contributed by atoms with Gasteiger partial charge in [0.1, 0.15) is 5.75 Å². The minimum atomic E-state index is -0.568. The van der Waals surface area contributed by atoms with Gasteiger partial charge in [-0.3, -0.25) is 10.2 Å². The van der Waals surface area contributed by atoms with E-state index in [1.54, 1.807) is 7.11 Å². The molecule has 0 spiro atoms. The second-order valence-corrected chi connectivity index (χ2v) is 5.14. The van der Waals surface area contributed by atoms with Crippen molar-refractivity contribution in [1.82, 2.24) is 5.43 Å². The average molecular weight is 269 g/mol. The van der Waals surface area contributed by atoms with Crippen LogP contribution in [0.5, 0.6) is 5.75 Å². The van der Waals surface area contributed by atoms with Crippen LogP contribution >= 0.6 is 11.6 Å². The third kappa shape index (κ3) is 1.76. The molecule has 1 aliphatic carbocycles. The molecule has 4 nitrogen and oxygen atoms in total. The Morgan fingerprint density at radius 1 is 1.50 bits per heavy atom. The lowest BCUT2D eigenvalue weighted by Gasteiger charge is -2.21. The van der Waals surface area contributed by atoms with Crippen LogP contribution in [0.25, 0.3) is 0 Å². The molecule has 1 aliphatic rings. The molecular formula is C13H17ClN2O2. The number of hydrazine groups is 1. The number of amides is 1. The molecule has 1 amide bonds. The first kappa shape index (κ1) is 13.2. The van der Waals surface area contributed by atoms with Crippen LogP contribution in [0.3, 0.4) is 0 Å². The van der Waals surface area contributed by atoms with E-state index in [-0.39, 0.29) is 5.91 Å². The smallest absolute Gasteiger partial charge is 0.244 e. The van der Waals surface area contributed by atoms with Gasteiger partial charge in [-0.2, -0.15) is 0 Å². The molecule has 1 aromatic carbocycles. The quantitative estimate of drug-likeness (QED) is 0.501. The lowest BCUT2D eigenvalue weighted by atomic mass is 9.89. The Kier molecular flexibility index (Phi) is 3.25. The second kappa shape index (κ2) is 4.44. The van der Waals surface area contributed by atoms with E-state index in [0.29, 0.717) is 10.8 Å². The van der Waals surface area contributed by atoms with E-state index in [9.17, 15) is 4.79 Å². The molecule has 0 heterocycles. The normalized spacial score (nSPS) is 16.3. The molecule has 0 atom stereocenters. The Bertz CT molecular complexity index is 510. The first-order valence-electron chi connectivity index (χ1n) is 5.83. The zero-order valence-corrected chi connectivity index (χ0v) is 11.5. The van der Waals surface area contributed by atoms with E-state index >= 15 is 0 Å². The van der Waals surface area contributed by atoms with Crippen LogP contribution in [0.15, 0.2) is 6.07 Å². The Morgan fingerprint density at radius 2 is 2.11 bits per heavy atom. The monoisotopic (exact) mass is 268 g/mol. The summed E-state index contributed by atoms with van der Waals surface area (Å²) in [7, 11) is 1.60. The van der Waals surface area contributed by atoms with Crippen LogP contribution in [0, 0.1) is 13.8 Å². The highest BCUT2D eigenvalue weighted by Gasteiger charge is 2.53. The van der Waals surface area contributed by atoms with Gasteiger partial charge in [0.2, 0.25) is 5.91 Å². The number of carbonyl (C=O) groups is 1. The summed E-state index contributed by atoms with van der Waals surface area (Å²) >= 11 is 6.27. The summed E-state index contributed by atoms with van der Waals surface area (Å²) in [5.41, 5.74) is 4.38. The molecule has 18 heavy (non-hydrogen) atoms. The van der Waals surface area contributed by atoms with Crippen LogP contribution in [0.1, 0.15) is 29.5 Å². The number of nitrogens with one attached hydrogen (secondary N) is 1. The van der Waals surface area contributed by atoms with Crippen molar-refractivity contribution in [2.75, 3.05) is 7.11 Å². The van der Waals surface area contributed by atoms with Gasteiger partial charge in [0.05, 0.1) is 12.5 Å². The van der Waals surface area contributed by atoms with E-state index in [2.05, 4.69) is 5.43 Å².